The van der Waals surface area contributed by atoms with E-state index < -0.39 is 31.5 Å². The summed E-state index contributed by atoms with van der Waals surface area (Å²) in [6, 6.07) is 21.8. The van der Waals surface area contributed by atoms with E-state index in [0.717, 1.165) is 24.0 Å². The topological polar surface area (TPSA) is 129 Å². The Kier molecular flexibility index (Phi) is 13.0. The molecule has 10 nitrogen and oxygen atoms in total. The van der Waals surface area contributed by atoms with E-state index in [1.165, 1.54) is 5.57 Å². The summed E-state index contributed by atoms with van der Waals surface area (Å²) in [5.41, 5.74) is 3.53. The standard InChI is InChI=1S/C43H55N3O7Si/c1-29(2)12-11-13-30(3)22-23-46-37-21-18-34(44-41(49)33-16-19-35(52-5)20-17-33)26-36(37)43(42(46)50)31(4)40(54(6,7)51)38(53-43)27-39(48)45(24-25-47)28-32-14-9-8-10-15-32/h8-10,12,14-22,26,31,38,40,47,51H,11,13,23-25,27-28H2,1-7H3,(H,44,49)/b30-22+/t31-,38+,40-,43+/m0/s1. The van der Waals surface area contributed by atoms with E-state index in [-0.39, 0.29) is 37.3 Å². The van der Waals surface area contributed by atoms with Gasteiger partial charge in [0, 0.05) is 47.9 Å². The zero-order chi connectivity index (χ0) is 39.2. The normalized spacial score (nSPS) is 20.9. The number of ether oxygens (including phenoxy) is 2. The second-order valence-electron chi connectivity index (χ2n) is 15.3. The van der Waals surface area contributed by atoms with Crippen LogP contribution in [0.3, 0.4) is 0 Å². The number of fused-ring (bicyclic) bond motifs is 2. The summed E-state index contributed by atoms with van der Waals surface area (Å²) >= 11 is 0. The quantitative estimate of drug-likeness (QED) is 0.111. The third kappa shape index (κ3) is 8.87. The van der Waals surface area contributed by atoms with Gasteiger partial charge in [0.2, 0.25) is 5.91 Å². The molecule has 11 heteroatoms. The average molecular weight is 754 g/mol. The monoisotopic (exact) mass is 753 g/mol. The van der Waals surface area contributed by atoms with E-state index in [0.29, 0.717) is 41.3 Å². The van der Waals surface area contributed by atoms with Gasteiger partial charge in [-0.1, -0.05) is 60.6 Å². The largest absolute Gasteiger partial charge is 0.497 e. The number of nitrogens with zero attached hydrogens (tertiary/aromatic N) is 2. The van der Waals surface area contributed by atoms with Gasteiger partial charge in [-0.3, -0.25) is 14.4 Å². The van der Waals surface area contributed by atoms with Crippen LogP contribution in [-0.2, 0) is 26.5 Å². The minimum atomic E-state index is -3.08. The van der Waals surface area contributed by atoms with Crippen molar-refractivity contribution in [2.45, 2.75) is 83.8 Å². The van der Waals surface area contributed by atoms with Crippen molar-refractivity contribution in [2.24, 2.45) is 5.92 Å². The van der Waals surface area contributed by atoms with Crippen LogP contribution in [0.5, 0.6) is 5.75 Å². The lowest BCUT2D eigenvalue weighted by molar-refractivity contribution is -0.149. The molecule has 0 aromatic heterocycles. The Balaban J connectivity index is 1.52. The predicted molar refractivity (Wildman–Crippen MR) is 215 cm³/mol. The van der Waals surface area contributed by atoms with Crippen LogP contribution in [0.4, 0.5) is 11.4 Å². The second-order valence-corrected chi connectivity index (χ2v) is 19.3. The molecule has 1 spiro atoms. The Morgan fingerprint density at radius 3 is 2.37 bits per heavy atom. The Morgan fingerprint density at radius 2 is 1.74 bits per heavy atom. The molecule has 4 atom stereocenters. The van der Waals surface area contributed by atoms with Crippen molar-refractivity contribution in [2.75, 3.05) is 37.0 Å². The van der Waals surface area contributed by atoms with Crippen molar-refractivity contribution in [3.05, 3.63) is 113 Å². The maximum Gasteiger partial charge on any atom is 0.264 e. The summed E-state index contributed by atoms with van der Waals surface area (Å²) in [6.07, 6.45) is 5.19. The highest BCUT2D eigenvalue weighted by Gasteiger charge is 2.66. The third-order valence-electron chi connectivity index (χ3n) is 10.6. The number of nitrogens with one attached hydrogen (secondary N) is 1. The number of anilines is 2. The number of rotatable bonds is 15. The number of hydrogen-bond acceptors (Lipinski definition) is 7. The van der Waals surface area contributed by atoms with Crippen molar-refractivity contribution in [1.82, 2.24) is 4.90 Å². The van der Waals surface area contributed by atoms with Crippen LogP contribution in [0.1, 0.15) is 68.4 Å². The first-order valence-corrected chi connectivity index (χ1v) is 21.8. The summed E-state index contributed by atoms with van der Waals surface area (Å²) in [5, 5.41) is 12.9. The summed E-state index contributed by atoms with van der Waals surface area (Å²) in [6.45, 7) is 12.4. The van der Waals surface area contributed by atoms with Crippen LogP contribution in [0.15, 0.2) is 96.1 Å². The molecule has 3 aromatic rings. The third-order valence-corrected chi connectivity index (χ3v) is 13.1. The zero-order valence-corrected chi connectivity index (χ0v) is 33.6. The first kappa shape index (κ1) is 40.6. The molecule has 0 unspecified atom stereocenters. The number of aliphatic hydroxyl groups is 1. The number of methoxy groups -OCH3 is 1. The van der Waals surface area contributed by atoms with Gasteiger partial charge in [-0.15, -0.1) is 0 Å². The summed E-state index contributed by atoms with van der Waals surface area (Å²) in [4.78, 5) is 57.5. The first-order valence-electron chi connectivity index (χ1n) is 18.7. The van der Waals surface area contributed by atoms with Gasteiger partial charge >= 0.3 is 0 Å². The van der Waals surface area contributed by atoms with Crippen LogP contribution in [0.25, 0.3) is 0 Å². The highest BCUT2D eigenvalue weighted by molar-refractivity contribution is 6.71. The smallest absolute Gasteiger partial charge is 0.264 e. The number of aliphatic hydroxyl groups excluding tert-OH is 1. The number of carbonyl (C=O) groups excluding carboxylic acids is 3. The van der Waals surface area contributed by atoms with Gasteiger partial charge in [0.05, 0.1) is 31.9 Å². The first-order chi connectivity index (χ1) is 25.7. The lowest BCUT2D eigenvalue weighted by Crippen LogP contribution is -2.46. The molecule has 1 fully saturated rings. The number of amides is 3. The fraction of sp³-hybridized carbons (Fsp3) is 0.419. The molecule has 0 radical (unpaired) electrons. The fourth-order valence-electron chi connectivity index (χ4n) is 7.94. The van der Waals surface area contributed by atoms with Gasteiger partial charge in [0.1, 0.15) is 5.75 Å². The average Bonchev–Trinajstić information content (AvgIpc) is 3.56. The van der Waals surface area contributed by atoms with Gasteiger partial charge in [-0.05, 0) is 94.7 Å². The van der Waals surface area contributed by atoms with E-state index in [2.05, 4.69) is 38.2 Å². The van der Waals surface area contributed by atoms with E-state index in [4.69, 9.17) is 9.47 Å². The minimum absolute atomic E-state index is 0.0690. The number of allylic oxidation sites excluding steroid dienone is 3. The van der Waals surface area contributed by atoms with Crippen molar-refractivity contribution in [1.29, 1.82) is 0 Å². The maximum absolute atomic E-state index is 15.0. The maximum atomic E-state index is 15.0. The molecule has 3 N–H and O–H groups in total. The van der Waals surface area contributed by atoms with Gasteiger partial charge in [-0.2, -0.15) is 0 Å². The Morgan fingerprint density at radius 1 is 1.04 bits per heavy atom. The van der Waals surface area contributed by atoms with Crippen molar-refractivity contribution < 1.29 is 33.8 Å². The molecule has 3 aromatic carbocycles. The minimum Gasteiger partial charge on any atom is -0.497 e. The molecule has 0 saturated carbocycles. The van der Waals surface area contributed by atoms with Gasteiger partial charge in [-0.25, -0.2) is 0 Å². The lowest BCUT2D eigenvalue weighted by atomic mass is 9.82. The number of benzene rings is 3. The number of hydrogen-bond donors (Lipinski definition) is 3. The molecule has 54 heavy (non-hydrogen) atoms. The SMILES string of the molecule is COc1ccc(C(=O)Nc2ccc3c(c2)[C@@]2(O[C@H](CC(=O)N(CCO)Cc4ccccc4)[C@@H]([Si](C)(C)O)[C@@H]2C)C(=O)N3C/C=C(\C)CCC=C(C)C)cc1. The molecule has 2 aliphatic heterocycles. The lowest BCUT2D eigenvalue weighted by Gasteiger charge is -2.32. The Hall–Kier alpha value is -4.55. The van der Waals surface area contributed by atoms with Crippen molar-refractivity contribution in [3.63, 3.8) is 0 Å². The summed E-state index contributed by atoms with van der Waals surface area (Å²) in [7, 11) is -1.51. The Bertz CT molecular complexity index is 1870. The van der Waals surface area contributed by atoms with Gasteiger partial charge in [0.25, 0.3) is 11.8 Å². The summed E-state index contributed by atoms with van der Waals surface area (Å²) in [5.74, 6) is -0.685. The highest BCUT2D eigenvalue weighted by Crippen LogP contribution is 2.60. The van der Waals surface area contributed by atoms with E-state index >= 15 is 0 Å². The molecular formula is C43H55N3O7Si. The zero-order valence-electron chi connectivity index (χ0n) is 32.6. The molecule has 1 saturated heterocycles. The predicted octanol–water partition coefficient (Wildman–Crippen LogP) is 7.20. The van der Waals surface area contributed by atoms with Gasteiger partial charge < -0.3 is 34.5 Å². The van der Waals surface area contributed by atoms with Crippen LogP contribution in [0.2, 0.25) is 18.6 Å². The molecule has 0 aliphatic carbocycles. The molecule has 2 aliphatic rings. The fourth-order valence-corrected chi connectivity index (χ4v) is 10.5. The van der Waals surface area contributed by atoms with E-state index in [9.17, 15) is 24.3 Å². The summed E-state index contributed by atoms with van der Waals surface area (Å²) < 4.78 is 12.2. The van der Waals surface area contributed by atoms with Gasteiger partial charge in [0.15, 0.2) is 13.9 Å². The van der Waals surface area contributed by atoms with Crippen LogP contribution < -0.4 is 15.0 Å². The molecule has 3 amide bonds. The Labute approximate surface area is 320 Å². The molecule has 2 heterocycles. The van der Waals surface area contributed by atoms with Crippen molar-refractivity contribution in [3.8, 4) is 5.75 Å². The molecular weight excluding hydrogens is 699 g/mol. The van der Waals surface area contributed by atoms with E-state index in [1.54, 1.807) is 53.3 Å². The number of carbonyl (C=O) groups is 3. The molecule has 288 valence electrons. The van der Waals surface area contributed by atoms with Crippen LogP contribution >= 0.6 is 0 Å². The van der Waals surface area contributed by atoms with Crippen LogP contribution in [0, 0.1) is 5.92 Å². The second kappa shape index (κ2) is 17.3. The van der Waals surface area contributed by atoms with Crippen molar-refractivity contribution >= 4 is 37.4 Å². The van der Waals surface area contributed by atoms with E-state index in [1.807, 2.05) is 56.4 Å². The molecule has 5 rings (SSSR count). The highest BCUT2D eigenvalue weighted by atomic mass is 28.4. The molecule has 0 bridgehead atoms. The van der Waals surface area contributed by atoms with Crippen LogP contribution in [-0.4, -0.2) is 73.8 Å².